The smallest absolute Gasteiger partial charge is 0.209 e. The first kappa shape index (κ1) is 9.02. The number of fused-ring (bicyclic) bond motifs is 1. The Morgan fingerprint density at radius 3 is 3.07 bits per heavy atom. The van der Waals surface area contributed by atoms with Crippen LogP contribution >= 0.6 is 0 Å². The highest BCUT2D eigenvalue weighted by molar-refractivity contribution is 5.74. The van der Waals surface area contributed by atoms with E-state index < -0.39 is 0 Å². The van der Waals surface area contributed by atoms with Crippen LogP contribution in [0.4, 0.5) is 0 Å². The zero-order valence-electron chi connectivity index (χ0n) is 7.99. The second kappa shape index (κ2) is 3.67. The Balaban J connectivity index is 2.43. The summed E-state index contributed by atoms with van der Waals surface area (Å²) in [6, 6.07) is 5.56. The van der Waals surface area contributed by atoms with Crippen LogP contribution in [0.15, 0.2) is 22.6 Å². The largest absolute Gasteiger partial charge is 0.494 e. The number of rotatable bonds is 3. The van der Waals surface area contributed by atoms with Crippen molar-refractivity contribution in [3.63, 3.8) is 0 Å². The van der Waals surface area contributed by atoms with Crippen LogP contribution in [0.5, 0.6) is 5.75 Å². The Kier molecular flexibility index (Phi) is 2.37. The third-order valence-corrected chi connectivity index (χ3v) is 1.89. The summed E-state index contributed by atoms with van der Waals surface area (Å²) in [5.74, 6) is 1.34. The summed E-state index contributed by atoms with van der Waals surface area (Å²) in [6.45, 7) is 2.90. The van der Waals surface area contributed by atoms with Crippen molar-refractivity contribution in [2.24, 2.45) is 5.73 Å². The number of benzene rings is 1. The lowest BCUT2D eigenvalue weighted by atomic mass is 10.3. The van der Waals surface area contributed by atoms with Gasteiger partial charge in [-0.1, -0.05) is 0 Å². The minimum Gasteiger partial charge on any atom is -0.494 e. The van der Waals surface area contributed by atoms with E-state index in [9.17, 15) is 0 Å². The lowest BCUT2D eigenvalue weighted by molar-refractivity contribution is 0.340. The second-order valence-electron chi connectivity index (χ2n) is 2.87. The van der Waals surface area contributed by atoms with Gasteiger partial charge in [0.2, 0.25) is 5.89 Å². The number of nitrogens with two attached hydrogens (primary N) is 1. The maximum atomic E-state index is 5.42. The number of hydrogen-bond donors (Lipinski definition) is 1. The summed E-state index contributed by atoms with van der Waals surface area (Å²) in [5, 5.41) is 0. The highest BCUT2D eigenvalue weighted by Gasteiger charge is 2.04. The Morgan fingerprint density at radius 1 is 1.50 bits per heavy atom. The molecule has 2 rings (SSSR count). The molecule has 4 heteroatoms. The molecule has 0 radical (unpaired) electrons. The molecule has 1 aromatic carbocycles. The average molecular weight is 192 g/mol. The van der Waals surface area contributed by atoms with Crippen LogP contribution in [0.1, 0.15) is 12.8 Å². The first-order valence-corrected chi connectivity index (χ1v) is 4.56. The summed E-state index contributed by atoms with van der Waals surface area (Å²) in [4.78, 5) is 4.19. The molecule has 2 N–H and O–H groups in total. The predicted molar refractivity (Wildman–Crippen MR) is 53.1 cm³/mol. The lowest BCUT2D eigenvalue weighted by Gasteiger charge is -2.00. The van der Waals surface area contributed by atoms with Gasteiger partial charge in [0.1, 0.15) is 11.3 Å². The molecule has 1 aromatic heterocycles. The number of aromatic nitrogens is 1. The molecule has 0 aliphatic rings. The summed E-state index contributed by atoms with van der Waals surface area (Å²) in [7, 11) is 0. The van der Waals surface area contributed by atoms with Crippen molar-refractivity contribution in [2.45, 2.75) is 13.5 Å². The number of oxazole rings is 1. The van der Waals surface area contributed by atoms with E-state index in [4.69, 9.17) is 14.9 Å². The fourth-order valence-corrected chi connectivity index (χ4v) is 1.30. The fourth-order valence-electron chi connectivity index (χ4n) is 1.30. The van der Waals surface area contributed by atoms with E-state index in [1.807, 2.05) is 25.1 Å². The Bertz CT molecular complexity index is 437. The van der Waals surface area contributed by atoms with Gasteiger partial charge in [-0.2, -0.15) is 0 Å². The Morgan fingerprint density at radius 2 is 2.36 bits per heavy atom. The molecule has 14 heavy (non-hydrogen) atoms. The molecule has 0 fully saturated rings. The maximum Gasteiger partial charge on any atom is 0.209 e. The first-order valence-electron chi connectivity index (χ1n) is 4.56. The Hall–Kier alpha value is -1.55. The summed E-state index contributed by atoms with van der Waals surface area (Å²) in [5.41, 5.74) is 6.96. The van der Waals surface area contributed by atoms with Gasteiger partial charge in [0.05, 0.1) is 13.2 Å². The molecule has 0 spiro atoms. The summed E-state index contributed by atoms with van der Waals surface area (Å²) >= 11 is 0. The quantitative estimate of drug-likeness (QED) is 0.803. The predicted octanol–water partition coefficient (Wildman–Crippen LogP) is 1.69. The number of nitrogens with zero attached hydrogens (tertiary/aromatic N) is 1. The van der Waals surface area contributed by atoms with Crippen LogP contribution in [-0.2, 0) is 6.54 Å². The van der Waals surface area contributed by atoms with Crippen LogP contribution in [-0.4, -0.2) is 11.6 Å². The molecular formula is C10H12N2O2. The number of ether oxygens (including phenoxy) is 1. The van der Waals surface area contributed by atoms with E-state index in [1.54, 1.807) is 0 Å². The molecular weight excluding hydrogens is 180 g/mol. The van der Waals surface area contributed by atoms with Crippen molar-refractivity contribution in [3.05, 3.63) is 24.1 Å². The van der Waals surface area contributed by atoms with E-state index in [0.717, 1.165) is 16.8 Å². The van der Waals surface area contributed by atoms with Gasteiger partial charge in [-0.25, -0.2) is 4.98 Å². The number of hydrogen-bond acceptors (Lipinski definition) is 4. The second-order valence-corrected chi connectivity index (χ2v) is 2.87. The van der Waals surface area contributed by atoms with Crippen LogP contribution in [0.25, 0.3) is 11.1 Å². The SMILES string of the molecule is CCOc1ccc2nc(CN)oc2c1. The van der Waals surface area contributed by atoms with Gasteiger partial charge in [-0.3, -0.25) is 0 Å². The minimum absolute atomic E-state index is 0.318. The van der Waals surface area contributed by atoms with Crippen molar-refractivity contribution >= 4 is 11.1 Å². The molecule has 74 valence electrons. The Labute approximate surface area is 81.7 Å². The van der Waals surface area contributed by atoms with E-state index in [0.29, 0.717) is 19.0 Å². The zero-order chi connectivity index (χ0) is 9.97. The van der Waals surface area contributed by atoms with Gasteiger partial charge in [-0.05, 0) is 19.1 Å². The fraction of sp³-hybridized carbons (Fsp3) is 0.300. The monoisotopic (exact) mass is 192 g/mol. The van der Waals surface area contributed by atoms with Gasteiger partial charge >= 0.3 is 0 Å². The summed E-state index contributed by atoms with van der Waals surface area (Å²) < 4.78 is 10.7. The first-order chi connectivity index (χ1) is 6.83. The van der Waals surface area contributed by atoms with Crippen LogP contribution in [0, 0.1) is 0 Å². The average Bonchev–Trinajstić information content (AvgIpc) is 2.60. The topological polar surface area (TPSA) is 61.3 Å². The minimum atomic E-state index is 0.318. The zero-order valence-corrected chi connectivity index (χ0v) is 7.99. The van der Waals surface area contributed by atoms with Gasteiger partial charge in [-0.15, -0.1) is 0 Å². The van der Waals surface area contributed by atoms with Crippen molar-refractivity contribution in [2.75, 3.05) is 6.61 Å². The normalized spacial score (nSPS) is 10.7. The van der Waals surface area contributed by atoms with Gasteiger partial charge < -0.3 is 14.9 Å². The van der Waals surface area contributed by atoms with Gasteiger partial charge in [0, 0.05) is 6.07 Å². The van der Waals surface area contributed by atoms with Gasteiger partial charge in [0.15, 0.2) is 5.58 Å². The van der Waals surface area contributed by atoms with Crippen molar-refractivity contribution in [3.8, 4) is 5.75 Å². The summed E-state index contributed by atoms with van der Waals surface area (Å²) in [6.07, 6.45) is 0. The van der Waals surface area contributed by atoms with E-state index in [2.05, 4.69) is 4.98 Å². The van der Waals surface area contributed by atoms with E-state index >= 15 is 0 Å². The van der Waals surface area contributed by atoms with E-state index in [1.165, 1.54) is 0 Å². The van der Waals surface area contributed by atoms with Gasteiger partial charge in [0.25, 0.3) is 0 Å². The van der Waals surface area contributed by atoms with Crippen LogP contribution < -0.4 is 10.5 Å². The molecule has 1 heterocycles. The molecule has 0 bridgehead atoms. The molecule has 0 unspecified atom stereocenters. The van der Waals surface area contributed by atoms with Crippen molar-refractivity contribution in [1.82, 2.24) is 4.98 Å². The molecule has 0 saturated heterocycles. The van der Waals surface area contributed by atoms with E-state index in [-0.39, 0.29) is 0 Å². The molecule has 0 atom stereocenters. The molecule has 2 aromatic rings. The molecule has 0 aliphatic carbocycles. The van der Waals surface area contributed by atoms with Crippen LogP contribution in [0.3, 0.4) is 0 Å². The molecule has 0 saturated carbocycles. The highest BCUT2D eigenvalue weighted by Crippen LogP contribution is 2.21. The highest BCUT2D eigenvalue weighted by atomic mass is 16.5. The third kappa shape index (κ3) is 1.56. The van der Waals surface area contributed by atoms with Crippen LogP contribution in [0.2, 0.25) is 0 Å². The standard InChI is InChI=1S/C10H12N2O2/c1-2-13-7-3-4-8-9(5-7)14-10(6-11)12-8/h3-5H,2,6,11H2,1H3. The van der Waals surface area contributed by atoms with Crippen molar-refractivity contribution in [1.29, 1.82) is 0 Å². The third-order valence-electron chi connectivity index (χ3n) is 1.89. The molecule has 4 nitrogen and oxygen atoms in total. The lowest BCUT2D eigenvalue weighted by Crippen LogP contribution is -1.94. The maximum absolute atomic E-state index is 5.42. The molecule has 0 aliphatic heterocycles. The van der Waals surface area contributed by atoms with Crippen molar-refractivity contribution < 1.29 is 9.15 Å². The molecule has 0 amide bonds.